The van der Waals surface area contributed by atoms with Gasteiger partial charge in [0.25, 0.3) is 0 Å². The van der Waals surface area contributed by atoms with Crippen LogP contribution in [-0.4, -0.2) is 29.3 Å². The van der Waals surface area contributed by atoms with Crippen molar-refractivity contribution in [3.8, 4) is 0 Å². The lowest BCUT2D eigenvalue weighted by molar-refractivity contribution is -0.140. The molecule has 172 valence electrons. The Balaban J connectivity index is 1.94. The Labute approximate surface area is 197 Å². The van der Waals surface area contributed by atoms with Gasteiger partial charge in [-0.2, -0.15) is 0 Å². The fourth-order valence-corrected chi connectivity index (χ4v) is 3.83. The number of hydrogen-bond acceptors (Lipinski definition) is 2. The number of benzene rings is 3. The Morgan fingerprint density at radius 1 is 0.818 bits per heavy atom. The average molecular weight is 443 g/mol. The lowest BCUT2D eigenvalue weighted by Crippen LogP contribution is -2.51. The summed E-state index contributed by atoms with van der Waals surface area (Å²) in [6, 6.07) is 27.1. The molecule has 1 unspecified atom stereocenters. The van der Waals surface area contributed by atoms with Gasteiger partial charge in [-0.15, -0.1) is 0 Å². The number of nitrogens with zero attached hydrogens (tertiary/aromatic N) is 1. The minimum Gasteiger partial charge on any atom is -0.354 e. The van der Waals surface area contributed by atoms with Gasteiger partial charge in [0.05, 0.1) is 6.42 Å². The Morgan fingerprint density at radius 3 is 2.00 bits per heavy atom. The van der Waals surface area contributed by atoms with Crippen LogP contribution < -0.4 is 5.32 Å². The van der Waals surface area contributed by atoms with Crippen LogP contribution in [0.3, 0.4) is 0 Å². The van der Waals surface area contributed by atoms with E-state index in [9.17, 15) is 9.59 Å². The van der Waals surface area contributed by atoms with Gasteiger partial charge >= 0.3 is 0 Å². The molecule has 0 spiro atoms. The van der Waals surface area contributed by atoms with Gasteiger partial charge in [-0.3, -0.25) is 9.59 Å². The lowest BCUT2D eigenvalue weighted by Gasteiger charge is -2.32. The molecule has 0 bridgehead atoms. The van der Waals surface area contributed by atoms with Crippen molar-refractivity contribution in [3.63, 3.8) is 0 Å². The second-order valence-electron chi connectivity index (χ2n) is 8.96. The predicted molar refractivity (Wildman–Crippen MR) is 134 cm³/mol. The molecule has 0 aromatic heterocycles. The van der Waals surface area contributed by atoms with E-state index in [-0.39, 0.29) is 18.2 Å². The summed E-state index contributed by atoms with van der Waals surface area (Å²) < 4.78 is 0. The third-order valence-electron chi connectivity index (χ3n) is 5.75. The van der Waals surface area contributed by atoms with E-state index in [1.54, 1.807) is 4.90 Å². The third kappa shape index (κ3) is 7.31. The number of rotatable bonds is 10. The average Bonchev–Trinajstić information content (AvgIpc) is 2.82. The number of hydrogen-bond donors (Lipinski definition) is 1. The van der Waals surface area contributed by atoms with Crippen molar-refractivity contribution in [2.45, 2.75) is 46.2 Å². The van der Waals surface area contributed by atoms with E-state index in [0.29, 0.717) is 25.4 Å². The molecule has 0 heterocycles. The normalized spacial score (nSPS) is 11.8. The second kappa shape index (κ2) is 12.0. The Bertz CT molecular complexity index is 1030. The summed E-state index contributed by atoms with van der Waals surface area (Å²) in [4.78, 5) is 28.8. The monoisotopic (exact) mass is 442 g/mol. The molecule has 3 aromatic carbocycles. The molecule has 33 heavy (non-hydrogen) atoms. The molecule has 0 aliphatic carbocycles. The van der Waals surface area contributed by atoms with Crippen LogP contribution in [0.1, 0.15) is 36.1 Å². The van der Waals surface area contributed by atoms with Crippen LogP contribution in [-0.2, 0) is 29.0 Å². The van der Waals surface area contributed by atoms with E-state index in [2.05, 4.69) is 19.2 Å². The summed E-state index contributed by atoms with van der Waals surface area (Å²) in [7, 11) is 0. The first-order valence-electron chi connectivity index (χ1n) is 11.6. The van der Waals surface area contributed by atoms with Crippen LogP contribution in [0.25, 0.3) is 0 Å². The van der Waals surface area contributed by atoms with Gasteiger partial charge in [0.1, 0.15) is 6.04 Å². The molecular weight excluding hydrogens is 408 g/mol. The minimum atomic E-state index is -0.595. The molecule has 4 nitrogen and oxygen atoms in total. The van der Waals surface area contributed by atoms with Gasteiger partial charge < -0.3 is 10.2 Å². The van der Waals surface area contributed by atoms with Crippen molar-refractivity contribution >= 4 is 11.8 Å². The number of aryl methyl sites for hydroxylation is 1. The highest BCUT2D eigenvalue weighted by molar-refractivity contribution is 5.89. The molecule has 0 saturated heterocycles. The van der Waals surface area contributed by atoms with Gasteiger partial charge in [-0.25, -0.2) is 0 Å². The topological polar surface area (TPSA) is 49.4 Å². The fraction of sp³-hybridized carbons (Fsp3) is 0.310. The molecule has 1 N–H and O–H groups in total. The first kappa shape index (κ1) is 24.2. The summed E-state index contributed by atoms with van der Waals surface area (Å²) >= 11 is 0. The van der Waals surface area contributed by atoms with Gasteiger partial charge in [0.15, 0.2) is 0 Å². The number of carbonyl (C=O) groups is 2. The fourth-order valence-electron chi connectivity index (χ4n) is 3.83. The van der Waals surface area contributed by atoms with Crippen LogP contribution in [0.2, 0.25) is 0 Å². The highest BCUT2D eigenvalue weighted by Gasteiger charge is 2.30. The van der Waals surface area contributed by atoms with Gasteiger partial charge in [0, 0.05) is 19.5 Å². The first-order valence-corrected chi connectivity index (χ1v) is 11.6. The maximum Gasteiger partial charge on any atom is 0.243 e. The number of nitrogens with one attached hydrogen (secondary N) is 1. The van der Waals surface area contributed by atoms with E-state index in [1.165, 1.54) is 0 Å². The summed E-state index contributed by atoms with van der Waals surface area (Å²) in [6.07, 6.45) is 0.735. The quantitative estimate of drug-likeness (QED) is 0.483. The highest BCUT2D eigenvalue weighted by Crippen LogP contribution is 2.18. The smallest absolute Gasteiger partial charge is 0.243 e. The molecule has 4 heteroatoms. The SMILES string of the molecule is Cc1ccccc1CC(=O)N(Cc1ccccc1)C(Cc1ccccc1)C(=O)NCC(C)C. The minimum absolute atomic E-state index is 0.0474. The molecule has 0 saturated carbocycles. The van der Waals surface area contributed by atoms with E-state index in [1.807, 2.05) is 91.9 Å². The molecule has 0 radical (unpaired) electrons. The lowest BCUT2D eigenvalue weighted by atomic mass is 10.00. The molecule has 1 atom stereocenters. The maximum absolute atomic E-state index is 13.7. The van der Waals surface area contributed by atoms with E-state index in [4.69, 9.17) is 0 Å². The largest absolute Gasteiger partial charge is 0.354 e. The Hall–Kier alpha value is -3.40. The van der Waals surface area contributed by atoms with Crippen molar-refractivity contribution in [2.24, 2.45) is 5.92 Å². The number of amides is 2. The highest BCUT2D eigenvalue weighted by atomic mass is 16.2. The van der Waals surface area contributed by atoms with E-state index >= 15 is 0 Å². The van der Waals surface area contributed by atoms with Crippen LogP contribution in [0.15, 0.2) is 84.9 Å². The van der Waals surface area contributed by atoms with Crippen LogP contribution in [0, 0.1) is 12.8 Å². The zero-order chi connectivity index (χ0) is 23.6. The van der Waals surface area contributed by atoms with Crippen molar-refractivity contribution in [1.82, 2.24) is 10.2 Å². The Kier molecular flexibility index (Phi) is 8.82. The maximum atomic E-state index is 13.7. The number of carbonyl (C=O) groups excluding carboxylic acids is 2. The third-order valence-corrected chi connectivity index (χ3v) is 5.75. The van der Waals surface area contributed by atoms with Crippen LogP contribution in [0.4, 0.5) is 0 Å². The van der Waals surface area contributed by atoms with Crippen molar-refractivity contribution in [3.05, 3.63) is 107 Å². The van der Waals surface area contributed by atoms with Gasteiger partial charge in [0.2, 0.25) is 11.8 Å². The molecule has 0 aliphatic heterocycles. The van der Waals surface area contributed by atoms with Crippen molar-refractivity contribution in [1.29, 1.82) is 0 Å². The first-order chi connectivity index (χ1) is 15.9. The van der Waals surface area contributed by atoms with Crippen LogP contribution >= 0.6 is 0 Å². The van der Waals surface area contributed by atoms with Crippen LogP contribution in [0.5, 0.6) is 0 Å². The second-order valence-corrected chi connectivity index (χ2v) is 8.96. The van der Waals surface area contributed by atoms with Crippen molar-refractivity contribution < 1.29 is 9.59 Å². The molecule has 0 aliphatic rings. The summed E-state index contributed by atoms with van der Waals surface area (Å²) in [5.41, 5.74) is 4.10. The molecule has 2 amide bonds. The standard InChI is InChI=1S/C29H34N2O2/c1-22(2)20-30-29(33)27(18-24-13-6-4-7-14-24)31(21-25-15-8-5-9-16-25)28(32)19-26-17-11-10-12-23(26)3/h4-17,22,27H,18-21H2,1-3H3,(H,30,33). The molecule has 3 aromatic rings. The zero-order valence-corrected chi connectivity index (χ0v) is 19.8. The Morgan fingerprint density at radius 2 is 1.39 bits per heavy atom. The molecule has 0 fully saturated rings. The predicted octanol–water partition coefficient (Wildman–Crippen LogP) is 4.95. The molecular formula is C29H34N2O2. The van der Waals surface area contributed by atoms with E-state index < -0.39 is 6.04 Å². The van der Waals surface area contributed by atoms with Gasteiger partial charge in [-0.1, -0.05) is 98.8 Å². The zero-order valence-electron chi connectivity index (χ0n) is 19.8. The summed E-state index contributed by atoms with van der Waals surface area (Å²) in [5.74, 6) is 0.173. The summed E-state index contributed by atoms with van der Waals surface area (Å²) in [6.45, 7) is 7.11. The molecule has 3 rings (SSSR count). The van der Waals surface area contributed by atoms with Crippen molar-refractivity contribution in [2.75, 3.05) is 6.54 Å². The summed E-state index contributed by atoms with van der Waals surface area (Å²) in [5, 5.41) is 3.07. The van der Waals surface area contributed by atoms with Gasteiger partial charge in [-0.05, 0) is 35.1 Å². The van der Waals surface area contributed by atoms with E-state index in [0.717, 1.165) is 22.3 Å².